The van der Waals surface area contributed by atoms with Gasteiger partial charge in [0.25, 0.3) is 0 Å². The highest BCUT2D eigenvalue weighted by atomic mass is 32.2. The summed E-state index contributed by atoms with van der Waals surface area (Å²) in [4.78, 5) is 1.34. The Morgan fingerprint density at radius 3 is 2.20 bits per heavy atom. The highest BCUT2D eigenvalue weighted by Gasteiger charge is 2.10. The minimum atomic E-state index is 0.574. The topological polar surface area (TPSA) is 12.0 Å². The fourth-order valence-corrected chi connectivity index (χ4v) is 2.09. The van der Waals surface area contributed by atoms with Gasteiger partial charge in [-0.05, 0) is 43.3 Å². The molecular weight excluding hydrogens is 202 g/mol. The molecule has 1 aromatic carbocycles. The molecule has 0 aliphatic heterocycles. The molecule has 1 unspecified atom stereocenters. The van der Waals surface area contributed by atoms with Crippen LogP contribution < -0.4 is 5.32 Å². The number of hydrogen-bond acceptors (Lipinski definition) is 2. The van der Waals surface area contributed by atoms with Crippen LogP contribution in [0, 0.1) is 5.92 Å². The van der Waals surface area contributed by atoms with E-state index in [-0.39, 0.29) is 0 Å². The van der Waals surface area contributed by atoms with Gasteiger partial charge < -0.3 is 5.32 Å². The second kappa shape index (κ2) is 6.19. The Morgan fingerprint density at radius 1 is 1.20 bits per heavy atom. The van der Waals surface area contributed by atoms with Crippen LogP contribution in [0.2, 0.25) is 0 Å². The molecule has 0 aliphatic carbocycles. The molecule has 0 saturated carbocycles. The average molecular weight is 223 g/mol. The fourth-order valence-electron chi connectivity index (χ4n) is 1.69. The number of nitrogens with one attached hydrogen (secondary N) is 1. The van der Waals surface area contributed by atoms with Crippen molar-refractivity contribution in [2.75, 3.05) is 13.3 Å². The van der Waals surface area contributed by atoms with Crippen molar-refractivity contribution in [1.29, 1.82) is 0 Å². The van der Waals surface area contributed by atoms with Crippen LogP contribution in [0.25, 0.3) is 0 Å². The summed E-state index contributed by atoms with van der Waals surface area (Å²) >= 11 is 1.79. The minimum absolute atomic E-state index is 0.574. The van der Waals surface area contributed by atoms with Gasteiger partial charge in [0.2, 0.25) is 0 Å². The molecule has 0 saturated heterocycles. The average Bonchev–Trinajstić information content (AvgIpc) is 2.26. The van der Waals surface area contributed by atoms with E-state index in [4.69, 9.17) is 0 Å². The first-order valence-corrected chi connectivity index (χ1v) is 6.70. The number of rotatable bonds is 5. The van der Waals surface area contributed by atoms with E-state index in [1.807, 2.05) is 7.05 Å². The summed E-state index contributed by atoms with van der Waals surface area (Å²) in [5.74, 6) is 0.676. The summed E-state index contributed by atoms with van der Waals surface area (Å²) in [7, 11) is 2.04. The van der Waals surface area contributed by atoms with Crippen LogP contribution in [0.3, 0.4) is 0 Å². The first-order chi connectivity index (χ1) is 7.17. The van der Waals surface area contributed by atoms with Crippen LogP contribution in [-0.4, -0.2) is 19.3 Å². The zero-order valence-electron chi connectivity index (χ0n) is 10.1. The zero-order valence-corrected chi connectivity index (χ0v) is 10.9. The second-order valence-electron chi connectivity index (χ2n) is 4.19. The Kier molecular flexibility index (Phi) is 5.20. The van der Waals surface area contributed by atoms with E-state index < -0.39 is 0 Å². The monoisotopic (exact) mass is 223 g/mol. The van der Waals surface area contributed by atoms with E-state index in [9.17, 15) is 0 Å². The Morgan fingerprint density at radius 2 is 1.80 bits per heavy atom. The van der Waals surface area contributed by atoms with Gasteiger partial charge in [0.15, 0.2) is 0 Å². The van der Waals surface area contributed by atoms with Crippen molar-refractivity contribution in [2.45, 2.75) is 31.2 Å². The van der Waals surface area contributed by atoms with E-state index in [2.05, 4.69) is 49.7 Å². The van der Waals surface area contributed by atoms with Gasteiger partial charge in [0, 0.05) is 10.9 Å². The summed E-state index contributed by atoms with van der Waals surface area (Å²) in [6.45, 7) is 4.52. The van der Waals surface area contributed by atoms with Crippen LogP contribution in [0.15, 0.2) is 29.2 Å². The van der Waals surface area contributed by atoms with Gasteiger partial charge in [0.05, 0.1) is 0 Å². The molecule has 84 valence electrons. The Bertz CT molecular complexity index is 279. The van der Waals surface area contributed by atoms with Gasteiger partial charge in [0.1, 0.15) is 0 Å². The summed E-state index contributed by atoms with van der Waals surface area (Å²) < 4.78 is 0. The lowest BCUT2D eigenvalue weighted by Crippen LogP contribution is -2.32. The molecule has 1 aromatic rings. The zero-order chi connectivity index (χ0) is 11.3. The van der Waals surface area contributed by atoms with Gasteiger partial charge >= 0.3 is 0 Å². The molecule has 0 bridgehead atoms. The first-order valence-electron chi connectivity index (χ1n) is 5.47. The van der Waals surface area contributed by atoms with Crippen molar-refractivity contribution in [3.63, 3.8) is 0 Å². The van der Waals surface area contributed by atoms with E-state index in [0.29, 0.717) is 12.0 Å². The van der Waals surface area contributed by atoms with Crippen LogP contribution >= 0.6 is 11.8 Å². The molecule has 0 spiro atoms. The van der Waals surface area contributed by atoms with Gasteiger partial charge in [-0.3, -0.25) is 0 Å². The lowest BCUT2D eigenvalue weighted by molar-refractivity contribution is 0.424. The smallest absolute Gasteiger partial charge is 0.0127 e. The number of likely N-dealkylation sites (N-methyl/N-ethyl adjacent to an activating group) is 1. The number of benzene rings is 1. The van der Waals surface area contributed by atoms with Gasteiger partial charge in [-0.2, -0.15) is 0 Å². The van der Waals surface area contributed by atoms with Crippen molar-refractivity contribution in [1.82, 2.24) is 5.32 Å². The summed E-state index contributed by atoms with van der Waals surface area (Å²) in [6, 6.07) is 9.45. The molecule has 1 atom stereocenters. The maximum Gasteiger partial charge on any atom is 0.0127 e. The third-order valence-electron chi connectivity index (χ3n) is 2.79. The van der Waals surface area contributed by atoms with Crippen molar-refractivity contribution < 1.29 is 0 Å². The lowest BCUT2D eigenvalue weighted by Gasteiger charge is -2.20. The minimum Gasteiger partial charge on any atom is -0.316 e. The molecule has 1 rings (SSSR count). The molecule has 15 heavy (non-hydrogen) atoms. The van der Waals surface area contributed by atoms with Crippen molar-refractivity contribution >= 4 is 11.8 Å². The highest BCUT2D eigenvalue weighted by molar-refractivity contribution is 7.98. The molecule has 0 aromatic heterocycles. The summed E-state index contributed by atoms with van der Waals surface area (Å²) in [5.41, 5.74) is 1.42. The molecule has 0 radical (unpaired) electrons. The largest absolute Gasteiger partial charge is 0.316 e. The highest BCUT2D eigenvalue weighted by Crippen LogP contribution is 2.16. The van der Waals surface area contributed by atoms with Crippen molar-refractivity contribution in [2.24, 2.45) is 5.92 Å². The molecule has 0 aliphatic rings. The van der Waals surface area contributed by atoms with E-state index in [1.54, 1.807) is 11.8 Å². The van der Waals surface area contributed by atoms with Gasteiger partial charge in [-0.25, -0.2) is 0 Å². The molecule has 2 heteroatoms. The Balaban J connectivity index is 2.63. The predicted octanol–water partition coefficient (Wildman–Crippen LogP) is 3.20. The van der Waals surface area contributed by atoms with Crippen molar-refractivity contribution in [3.05, 3.63) is 29.8 Å². The van der Waals surface area contributed by atoms with Crippen LogP contribution in [-0.2, 0) is 6.42 Å². The first kappa shape index (κ1) is 12.6. The van der Waals surface area contributed by atoms with E-state index in [1.165, 1.54) is 10.5 Å². The SMILES string of the molecule is CNC(Cc1ccc(SC)cc1)C(C)C. The van der Waals surface area contributed by atoms with E-state index >= 15 is 0 Å². The van der Waals surface area contributed by atoms with Gasteiger partial charge in [-0.1, -0.05) is 26.0 Å². The normalized spacial score (nSPS) is 13.1. The van der Waals surface area contributed by atoms with Crippen LogP contribution in [0.5, 0.6) is 0 Å². The number of hydrogen-bond donors (Lipinski definition) is 1. The van der Waals surface area contributed by atoms with Gasteiger partial charge in [-0.15, -0.1) is 11.8 Å². The van der Waals surface area contributed by atoms with Crippen LogP contribution in [0.4, 0.5) is 0 Å². The predicted molar refractivity (Wildman–Crippen MR) is 69.6 cm³/mol. The van der Waals surface area contributed by atoms with Crippen molar-refractivity contribution in [3.8, 4) is 0 Å². The summed E-state index contributed by atoms with van der Waals surface area (Å²) in [5, 5.41) is 3.37. The molecular formula is C13H21NS. The summed E-state index contributed by atoms with van der Waals surface area (Å²) in [6.07, 6.45) is 3.22. The maximum absolute atomic E-state index is 3.37. The number of thioether (sulfide) groups is 1. The molecule has 1 N–H and O–H groups in total. The second-order valence-corrected chi connectivity index (χ2v) is 5.07. The standard InChI is InChI=1S/C13H21NS/c1-10(2)13(14-3)9-11-5-7-12(15-4)8-6-11/h5-8,10,13-14H,9H2,1-4H3. The lowest BCUT2D eigenvalue weighted by atomic mass is 9.97. The quantitative estimate of drug-likeness (QED) is 0.769. The maximum atomic E-state index is 3.37. The Labute approximate surface area is 97.7 Å². The third-order valence-corrected chi connectivity index (χ3v) is 3.53. The molecule has 0 heterocycles. The fraction of sp³-hybridized carbons (Fsp3) is 0.538. The van der Waals surface area contributed by atoms with Crippen LogP contribution in [0.1, 0.15) is 19.4 Å². The molecule has 1 nitrogen and oxygen atoms in total. The molecule has 0 amide bonds. The third kappa shape index (κ3) is 3.88. The van der Waals surface area contributed by atoms with E-state index in [0.717, 1.165) is 6.42 Å². The molecule has 0 fully saturated rings. The Hall–Kier alpha value is -0.470.